The SMILES string of the molecule is Nc1cc(C(=O)c2ccc3c(c2)CCCC3)c(Br)cc1F. The molecule has 0 bridgehead atoms. The number of nitrogen functional groups attached to an aromatic ring is 1. The number of halogens is 2. The van der Waals surface area contributed by atoms with Crippen LogP contribution < -0.4 is 5.73 Å². The van der Waals surface area contributed by atoms with Gasteiger partial charge in [-0.2, -0.15) is 0 Å². The van der Waals surface area contributed by atoms with Crippen LogP contribution in [0.1, 0.15) is 39.9 Å². The van der Waals surface area contributed by atoms with Crippen molar-refractivity contribution in [2.24, 2.45) is 0 Å². The van der Waals surface area contributed by atoms with Gasteiger partial charge >= 0.3 is 0 Å². The van der Waals surface area contributed by atoms with Crippen molar-refractivity contribution in [1.29, 1.82) is 0 Å². The summed E-state index contributed by atoms with van der Waals surface area (Å²) in [6.45, 7) is 0. The second-order valence-electron chi connectivity index (χ2n) is 5.37. The van der Waals surface area contributed by atoms with Gasteiger partial charge in [0.25, 0.3) is 0 Å². The summed E-state index contributed by atoms with van der Waals surface area (Å²) in [7, 11) is 0. The standard InChI is InChI=1S/C17H15BrFNO/c18-14-9-15(19)16(20)8-13(14)17(21)12-6-5-10-3-1-2-4-11(10)7-12/h5-9H,1-4,20H2. The molecule has 0 radical (unpaired) electrons. The molecule has 1 aliphatic rings. The van der Waals surface area contributed by atoms with E-state index in [1.165, 1.54) is 29.7 Å². The molecule has 0 saturated heterocycles. The van der Waals surface area contributed by atoms with Crippen LogP contribution in [-0.2, 0) is 12.8 Å². The number of carbonyl (C=O) groups is 1. The highest BCUT2D eigenvalue weighted by atomic mass is 79.9. The van der Waals surface area contributed by atoms with Crippen LogP contribution in [0, 0.1) is 5.82 Å². The van der Waals surface area contributed by atoms with Crippen LogP contribution in [0.2, 0.25) is 0 Å². The second kappa shape index (κ2) is 5.60. The molecule has 0 saturated carbocycles. The molecule has 2 nitrogen and oxygen atoms in total. The van der Waals surface area contributed by atoms with E-state index >= 15 is 0 Å². The predicted molar refractivity (Wildman–Crippen MR) is 85.0 cm³/mol. The molecule has 0 amide bonds. The molecule has 3 rings (SSSR count). The van der Waals surface area contributed by atoms with E-state index in [9.17, 15) is 9.18 Å². The minimum Gasteiger partial charge on any atom is -0.396 e. The van der Waals surface area contributed by atoms with Gasteiger partial charge in [-0.1, -0.05) is 12.1 Å². The van der Waals surface area contributed by atoms with E-state index in [4.69, 9.17) is 5.73 Å². The molecule has 108 valence electrons. The van der Waals surface area contributed by atoms with Gasteiger partial charge < -0.3 is 5.73 Å². The van der Waals surface area contributed by atoms with Crippen molar-refractivity contribution in [1.82, 2.24) is 0 Å². The Morgan fingerprint density at radius 1 is 1.10 bits per heavy atom. The van der Waals surface area contributed by atoms with Crippen LogP contribution in [0.25, 0.3) is 0 Å². The van der Waals surface area contributed by atoms with Crippen LogP contribution in [0.5, 0.6) is 0 Å². The van der Waals surface area contributed by atoms with Crippen molar-refractivity contribution < 1.29 is 9.18 Å². The third-order valence-electron chi connectivity index (χ3n) is 3.94. The maximum atomic E-state index is 13.4. The molecule has 0 spiro atoms. The van der Waals surface area contributed by atoms with Crippen molar-refractivity contribution in [3.63, 3.8) is 0 Å². The first kappa shape index (κ1) is 14.3. The fraction of sp³-hybridized carbons (Fsp3) is 0.235. The molecule has 0 unspecified atom stereocenters. The third-order valence-corrected chi connectivity index (χ3v) is 4.60. The van der Waals surface area contributed by atoms with Crippen molar-refractivity contribution >= 4 is 27.4 Å². The van der Waals surface area contributed by atoms with E-state index in [0.717, 1.165) is 19.3 Å². The summed E-state index contributed by atoms with van der Waals surface area (Å²) >= 11 is 3.24. The van der Waals surface area contributed by atoms with Gasteiger partial charge in [0.2, 0.25) is 0 Å². The zero-order valence-corrected chi connectivity index (χ0v) is 13.0. The lowest BCUT2D eigenvalue weighted by Gasteiger charge is -2.16. The largest absolute Gasteiger partial charge is 0.396 e. The van der Waals surface area contributed by atoms with Gasteiger partial charge in [0.15, 0.2) is 5.78 Å². The summed E-state index contributed by atoms with van der Waals surface area (Å²) in [5, 5.41) is 0. The van der Waals surface area contributed by atoms with E-state index < -0.39 is 5.82 Å². The summed E-state index contributed by atoms with van der Waals surface area (Å²) < 4.78 is 13.8. The Labute approximate surface area is 131 Å². The normalized spacial score (nSPS) is 13.8. The highest BCUT2D eigenvalue weighted by molar-refractivity contribution is 9.10. The minimum absolute atomic E-state index is 0.0143. The maximum Gasteiger partial charge on any atom is 0.194 e. The summed E-state index contributed by atoms with van der Waals surface area (Å²) in [5.41, 5.74) is 9.15. The minimum atomic E-state index is -0.524. The summed E-state index contributed by atoms with van der Waals surface area (Å²) in [4.78, 5) is 12.6. The smallest absolute Gasteiger partial charge is 0.194 e. The van der Waals surface area contributed by atoms with Gasteiger partial charge in [0, 0.05) is 15.6 Å². The Balaban J connectivity index is 2.01. The Kier molecular flexibility index (Phi) is 3.81. The number of benzene rings is 2. The quantitative estimate of drug-likeness (QED) is 0.650. The fourth-order valence-corrected chi connectivity index (χ4v) is 3.27. The Hall–Kier alpha value is -1.68. The van der Waals surface area contributed by atoms with Crippen LogP contribution in [0.3, 0.4) is 0 Å². The van der Waals surface area contributed by atoms with Crippen LogP contribution >= 0.6 is 15.9 Å². The summed E-state index contributed by atoms with van der Waals surface area (Å²) in [6, 6.07) is 8.46. The molecule has 1 aliphatic carbocycles. The molecule has 2 aromatic rings. The van der Waals surface area contributed by atoms with Crippen molar-refractivity contribution in [3.8, 4) is 0 Å². The average Bonchev–Trinajstić information content (AvgIpc) is 2.50. The molecular formula is C17H15BrFNO. The lowest BCUT2D eigenvalue weighted by atomic mass is 9.89. The third kappa shape index (κ3) is 2.72. The molecule has 2 N–H and O–H groups in total. The van der Waals surface area contributed by atoms with Crippen LogP contribution in [0.15, 0.2) is 34.8 Å². The topological polar surface area (TPSA) is 43.1 Å². The first-order chi connectivity index (χ1) is 10.1. The Bertz CT molecular complexity index is 727. The number of rotatable bonds is 2. The van der Waals surface area contributed by atoms with Crippen molar-refractivity contribution in [3.05, 3.63) is 62.9 Å². The number of hydrogen-bond acceptors (Lipinski definition) is 2. The van der Waals surface area contributed by atoms with E-state index in [1.54, 1.807) is 0 Å². The molecule has 0 fully saturated rings. The first-order valence-corrected chi connectivity index (χ1v) is 7.76. The molecule has 0 aromatic heterocycles. The molecular weight excluding hydrogens is 333 g/mol. The molecule has 0 aliphatic heterocycles. The van der Waals surface area contributed by atoms with Crippen molar-refractivity contribution in [2.45, 2.75) is 25.7 Å². The van der Waals surface area contributed by atoms with Gasteiger partial charge in [-0.25, -0.2) is 4.39 Å². The van der Waals surface area contributed by atoms with E-state index in [1.807, 2.05) is 18.2 Å². The highest BCUT2D eigenvalue weighted by Gasteiger charge is 2.17. The van der Waals surface area contributed by atoms with Gasteiger partial charge in [0.1, 0.15) is 5.82 Å². The molecule has 4 heteroatoms. The predicted octanol–water partition coefficient (Wildman–Crippen LogP) is 4.28. The number of anilines is 1. The van der Waals surface area contributed by atoms with E-state index in [2.05, 4.69) is 15.9 Å². The van der Waals surface area contributed by atoms with Gasteiger partial charge in [0.05, 0.1) is 5.69 Å². The number of nitrogens with two attached hydrogens (primary N) is 1. The second-order valence-corrected chi connectivity index (χ2v) is 6.23. The number of ketones is 1. The Morgan fingerprint density at radius 2 is 1.81 bits per heavy atom. The van der Waals surface area contributed by atoms with Gasteiger partial charge in [-0.3, -0.25) is 4.79 Å². The molecule has 0 atom stereocenters. The fourth-order valence-electron chi connectivity index (χ4n) is 2.77. The van der Waals surface area contributed by atoms with Crippen LogP contribution in [0.4, 0.5) is 10.1 Å². The number of fused-ring (bicyclic) bond motifs is 1. The average molecular weight is 348 g/mol. The van der Waals surface area contributed by atoms with Crippen LogP contribution in [-0.4, -0.2) is 5.78 Å². The molecule has 0 heterocycles. The number of aryl methyl sites for hydroxylation is 2. The zero-order valence-electron chi connectivity index (χ0n) is 11.5. The van der Waals surface area contributed by atoms with Gasteiger partial charge in [-0.15, -0.1) is 0 Å². The lowest BCUT2D eigenvalue weighted by molar-refractivity contribution is 0.103. The van der Waals surface area contributed by atoms with E-state index in [0.29, 0.717) is 15.6 Å². The van der Waals surface area contributed by atoms with Crippen molar-refractivity contribution in [2.75, 3.05) is 5.73 Å². The Morgan fingerprint density at radius 3 is 2.57 bits per heavy atom. The maximum absolute atomic E-state index is 13.4. The van der Waals surface area contributed by atoms with E-state index in [-0.39, 0.29) is 11.5 Å². The first-order valence-electron chi connectivity index (χ1n) is 6.97. The number of hydrogen-bond donors (Lipinski definition) is 1. The summed E-state index contributed by atoms with van der Waals surface area (Å²) in [5.74, 6) is -0.661. The van der Waals surface area contributed by atoms with Gasteiger partial charge in [-0.05, 0) is 70.9 Å². The number of carbonyl (C=O) groups excluding carboxylic acids is 1. The monoisotopic (exact) mass is 347 g/mol. The summed E-state index contributed by atoms with van der Waals surface area (Å²) in [6.07, 6.45) is 4.47. The highest BCUT2D eigenvalue weighted by Crippen LogP contribution is 2.27. The zero-order chi connectivity index (χ0) is 15.0. The lowest BCUT2D eigenvalue weighted by Crippen LogP contribution is -2.08. The molecule has 21 heavy (non-hydrogen) atoms. The molecule has 2 aromatic carbocycles.